The van der Waals surface area contributed by atoms with Crippen LogP contribution in [0.1, 0.15) is 42.1 Å². The molecular weight excluding hydrogens is 523 g/mol. The van der Waals surface area contributed by atoms with E-state index in [2.05, 4.69) is 5.10 Å². The van der Waals surface area contributed by atoms with E-state index in [0.29, 0.717) is 16.4 Å². The summed E-state index contributed by atoms with van der Waals surface area (Å²) in [6.45, 7) is 5.81. The van der Waals surface area contributed by atoms with Crippen LogP contribution >= 0.6 is 23.2 Å². The SMILES string of the molecule is Cc1ccc[n+](C2=C(c3c(C(C)C)[nH]n(-c4ccc(Cl)c(Cl)c4)c3=O)C(=O)N(Cc3ccccc3)C2=O)c1. The molecule has 0 radical (unpaired) electrons. The van der Waals surface area contributed by atoms with Crippen molar-refractivity contribution >= 4 is 46.3 Å². The summed E-state index contributed by atoms with van der Waals surface area (Å²) < 4.78 is 2.95. The number of pyridine rings is 1. The molecule has 4 aromatic rings. The lowest BCUT2D eigenvalue weighted by molar-refractivity contribution is -0.577. The molecule has 1 aliphatic heterocycles. The van der Waals surface area contributed by atoms with E-state index in [1.807, 2.05) is 57.2 Å². The number of hydrogen-bond acceptors (Lipinski definition) is 3. The summed E-state index contributed by atoms with van der Waals surface area (Å²) >= 11 is 12.3. The van der Waals surface area contributed by atoms with E-state index < -0.39 is 17.4 Å². The lowest BCUT2D eigenvalue weighted by atomic mass is 9.98. The summed E-state index contributed by atoms with van der Waals surface area (Å²) in [7, 11) is 0. The molecule has 0 saturated carbocycles. The summed E-state index contributed by atoms with van der Waals surface area (Å²) in [5, 5.41) is 3.79. The molecule has 9 heteroatoms. The molecule has 38 heavy (non-hydrogen) atoms. The lowest BCUT2D eigenvalue weighted by Crippen LogP contribution is -2.39. The van der Waals surface area contributed by atoms with Crippen LogP contribution in [0.15, 0.2) is 77.9 Å². The van der Waals surface area contributed by atoms with Crippen LogP contribution in [0.3, 0.4) is 0 Å². The van der Waals surface area contributed by atoms with Crippen LogP contribution in [0.25, 0.3) is 17.0 Å². The standard InChI is InChI=1S/C29H24Cl2N4O3/c1-17(2)25-23(28(37)35(32-25)20-11-12-21(30)22(31)14-20)24-26(33-13-7-8-18(3)15-33)29(38)34(27(24)36)16-19-9-5-4-6-10-19/h4-15,17H,16H2,1-3H3/p+1. The zero-order valence-corrected chi connectivity index (χ0v) is 22.5. The number of aryl methyl sites for hydroxylation is 1. The number of hydrogen-bond donors (Lipinski definition) is 1. The van der Waals surface area contributed by atoms with Crippen LogP contribution in [-0.4, -0.2) is 26.5 Å². The van der Waals surface area contributed by atoms with Gasteiger partial charge in [0.2, 0.25) is 0 Å². The molecule has 192 valence electrons. The molecule has 5 rings (SSSR count). The first kappa shape index (κ1) is 25.7. The van der Waals surface area contributed by atoms with Crippen molar-refractivity contribution < 1.29 is 14.2 Å². The molecule has 2 aromatic heterocycles. The Bertz CT molecular complexity index is 1670. The van der Waals surface area contributed by atoms with Crippen molar-refractivity contribution in [2.45, 2.75) is 33.2 Å². The van der Waals surface area contributed by atoms with Gasteiger partial charge >= 0.3 is 5.91 Å². The van der Waals surface area contributed by atoms with Crippen molar-refractivity contribution in [1.82, 2.24) is 14.7 Å². The van der Waals surface area contributed by atoms with E-state index in [1.165, 1.54) is 9.58 Å². The fraction of sp³-hybridized carbons (Fsp3) is 0.172. The van der Waals surface area contributed by atoms with Gasteiger partial charge in [-0.3, -0.25) is 24.4 Å². The molecule has 2 amide bonds. The van der Waals surface area contributed by atoms with Gasteiger partial charge in [-0.25, -0.2) is 4.68 Å². The van der Waals surface area contributed by atoms with Crippen molar-refractivity contribution in [1.29, 1.82) is 0 Å². The second-order valence-electron chi connectivity index (χ2n) is 9.49. The predicted octanol–water partition coefficient (Wildman–Crippen LogP) is 5.13. The molecule has 0 spiro atoms. The van der Waals surface area contributed by atoms with Crippen LogP contribution in [0.2, 0.25) is 10.0 Å². The molecule has 0 fully saturated rings. The molecule has 1 aliphatic rings. The minimum atomic E-state index is -0.526. The van der Waals surface area contributed by atoms with Crippen LogP contribution < -0.4 is 10.1 Å². The number of aromatic amines is 1. The third kappa shape index (κ3) is 4.48. The molecule has 1 N–H and O–H groups in total. The number of benzene rings is 2. The average molecular weight is 548 g/mol. The zero-order valence-electron chi connectivity index (χ0n) is 21.0. The highest BCUT2D eigenvalue weighted by Gasteiger charge is 2.47. The molecule has 0 saturated heterocycles. The topological polar surface area (TPSA) is 79.1 Å². The third-order valence-electron chi connectivity index (χ3n) is 6.44. The number of H-pyrrole nitrogens is 1. The highest BCUT2D eigenvalue weighted by Crippen LogP contribution is 2.33. The number of imide groups is 1. The number of amides is 2. The number of aromatic nitrogens is 3. The van der Waals surface area contributed by atoms with E-state index in [0.717, 1.165) is 11.1 Å². The molecule has 0 atom stereocenters. The summed E-state index contributed by atoms with van der Waals surface area (Å²) in [6, 6.07) is 17.8. The normalized spacial score (nSPS) is 13.8. The van der Waals surface area contributed by atoms with Crippen LogP contribution in [0, 0.1) is 6.92 Å². The first-order valence-corrected chi connectivity index (χ1v) is 12.9. The monoisotopic (exact) mass is 547 g/mol. The van der Waals surface area contributed by atoms with Gasteiger partial charge < -0.3 is 0 Å². The first-order valence-electron chi connectivity index (χ1n) is 12.1. The van der Waals surface area contributed by atoms with Gasteiger partial charge in [-0.05, 0) is 42.7 Å². The molecule has 0 unspecified atom stereocenters. The fourth-order valence-corrected chi connectivity index (χ4v) is 4.88. The zero-order chi connectivity index (χ0) is 27.1. The van der Waals surface area contributed by atoms with E-state index in [4.69, 9.17) is 23.2 Å². The van der Waals surface area contributed by atoms with Gasteiger partial charge in [-0.15, -0.1) is 0 Å². The second kappa shape index (κ2) is 10.1. The maximum atomic E-state index is 14.0. The van der Waals surface area contributed by atoms with Gasteiger partial charge in [0.05, 0.1) is 27.8 Å². The quantitative estimate of drug-likeness (QED) is 0.268. The smallest absolute Gasteiger partial charge is 0.294 e. The number of carbonyl (C=O) groups excluding carboxylic acids is 2. The number of nitrogens with zero attached hydrogens (tertiary/aromatic N) is 3. The van der Waals surface area contributed by atoms with Crippen molar-refractivity contribution in [3.8, 4) is 5.69 Å². The summed E-state index contributed by atoms with van der Waals surface area (Å²) in [6.07, 6.45) is 3.48. The Kier molecular flexibility index (Phi) is 6.82. The number of carbonyl (C=O) groups is 2. The number of halogens is 2. The Morgan fingerprint density at radius 3 is 2.32 bits per heavy atom. The first-order chi connectivity index (χ1) is 18.2. The molecule has 0 bridgehead atoms. The summed E-state index contributed by atoms with van der Waals surface area (Å²) in [5.41, 5.74) is 2.58. The Hall–Kier alpha value is -3.94. The largest absolute Gasteiger partial charge is 0.327 e. The Labute approximate surface area is 229 Å². The Balaban J connectivity index is 1.75. The van der Waals surface area contributed by atoms with Gasteiger partial charge in [-0.1, -0.05) is 67.4 Å². The summed E-state index contributed by atoms with van der Waals surface area (Å²) in [5.74, 6) is -1.16. The molecule has 2 aromatic carbocycles. The minimum absolute atomic E-state index is 0.0605. The summed E-state index contributed by atoms with van der Waals surface area (Å²) in [4.78, 5) is 43.0. The maximum absolute atomic E-state index is 14.0. The van der Waals surface area contributed by atoms with Crippen LogP contribution in [0.5, 0.6) is 0 Å². The Morgan fingerprint density at radius 1 is 0.921 bits per heavy atom. The van der Waals surface area contributed by atoms with E-state index >= 15 is 0 Å². The third-order valence-corrected chi connectivity index (χ3v) is 7.18. The van der Waals surface area contributed by atoms with Crippen LogP contribution in [-0.2, 0) is 16.1 Å². The number of rotatable bonds is 6. The van der Waals surface area contributed by atoms with Gasteiger partial charge in [0.15, 0.2) is 12.4 Å². The van der Waals surface area contributed by atoms with Gasteiger partial charge in [0, 0.05) is 17.3 Å². The second-order valence-corrected chi connectivity index (χ2v) is 10.3. The van der Waals surface area contributed by atoms with Gasteiger partial charge in [-0.2, -0.15) is 4.57 Å². The van der Waals surface area contributed by atoms with E-state index in [-0.39, 0.29) is 34.3 Å². The molecule has 3 heterocycles. The van der Waals surface area contributed by atoms with Crippen LogP contribution in [0.4, 0.5) is 0 Å². The Morgan fingerprint density at radius 2 is 1.66 bits per heavy atom. The van der Waals surface area contributed by atoms with Crippen molar-refractivity contribution in [3.63, 3.8) is 0 Å². The maximum Gasteiger partial charge on any atom is 0.327 e. The highest BCUT2D eigenvalue weighted by molar-refractivity contribution is 6.44. The van der Waals surface area contributed by atoms with Crippen molar-refractivity contribution in [2.24, 2.45) is 0 Å². The van der Waals surface area contributed by atoms with Gasteiger partial charge in [0.1, 0.15) is 5.57 Å². The minimum Gasteiger partial charge on any atom is -0.294 e. The van der Waals surface area contributed by atoms with E-state index in [9.17, 15) is 14.4 Å². The highest BCUT2D eigenvalue weighted by atomic mass is 35.5. The van der Waals surface area contributed by atoms with Gasteiger partial charge in [0.25, 0.3) is 17.2 Å². The lowest BCUT2D eigenvalue weighted by Gasteiger charge is -2.14. The molecular formula is C29H25Cl2N4O3+. The van der Waals surface area contributed by atoms with E-state index in [1.54, 1.807) is 41.2 Å². The van der Waals surface area contributed by atoms with Crippen molar-refractivity contribution in [2.75, 3.05) is 0 Å². The molecule has 0 aliphatic carbocycles. The van der Waals surface area contributed by atoms with Crippen molar-refractivity contribution in [3.05, 3.63) is 116 Å². The average Bonchev–Trinajstić information content (AvgIpc) is 3.35. The molecule has 7 nitrogen and oxygen atoms in total. The number of nitrogens with one attached hydrogen (secondary N) is 1. The predicted molar refractivity (Wildman–Crippen MR) is 147 cm³/mol. The fourth-order valence-electron chi connectivity index (χ4n) is 4.59.